The fourth-order valence-electron chi connectivity index (χ4n) is 2.27. The Hall–Kier alpha value is -2.59. The molecule has 0 bridgehead atoms. The van der Waals surface area contributed by atoms with Crippen LogP contribution >= 0.6 is 11.6 Å². The maximum absolute atomic E-state index is 12.0. The molecule has 3 rings (SSSR count). The standard InChI is InChI=1S/C18H16ClN3O/c19-16-9-5-4-6-14(16)10-11-18(23)20-17-12-13-22(21-17)15-7-2-1-3-8-15/h1-9,12-13H,10-11H2,(H,20,21,23). The molecule has 5 heteroatoms. The molecule has 0 aliphatic heterocycles. The van der Waals surface area contributed by atoms with Gasteiger partial charge in [-0.2, -0.15) is 5.10 Å². The molecule has 4 nitrogen and oxygen atoms in total. The highest BCUT2D eigenvalue weighted by Crippen LogP contribution is 2.17. The van der Waals surface area contributed by atoms with Crippen molar-refractivity contribution in [2.45, 2.75) is 12.8 Å². The number of rotatable bonds is 5. The second-order valence-corrected chi connectivity index (χ2v) is 5.53. The van der Waals surface area contributed by atoms with Crippen LogP contribution in [0.1, 0.15) is 12.0 Å². The van der Waals surface area contributed by atoms with Crippen molar-refractivity contribution in [3.63, 3.8) is 0 Å². The molecule has 3 aromatic rings. The van der Waals surface area contributed by atoms with Crippen LogP contribution in [0.5, 0.6) is 0 Å². The van der Waals surface area contributed by atoms with Gasteiger partial charge in [-0.15, -0.1) is 0 Å². The van der Waals surface area contributed by atoms with Gasteiger partial charge in [0.15, 0.2) is 5.82 Å². The molecule has 1 aromatic heterocycles. The van der Waals surface area contributed by atoms with E-state index in [-0.39, 0.29) is 5.91 Å². The molecule has 1 heterocycles. The number of amides is 1. The average Bonchev–Trinajstić information content (AvgIpc) is 3.03. The first-order chi connectivity index (χ1) is 11.2. The third-order valence-electron chi connectivity index (χ3n) is 3.46. The first-order valence-electron chi connectivity index (χ1n) is 7.37. The van der Waals surface area contributed by atoms with E-state index in [2.05, 4.69) is 10.4 Å². The van der Waals surface area contributed by atoms with Crippen molar-refractivity contribution in [1.29, 1.82) is 0 Å². The van der Waals surface area contributed by atoms with E-state index in [1.165, 1.54) is 0 Å². The third-order valence-corrected chi connectivity index (χ3v) is 3.83. The molecule has 0 unspecified atom stereocenters. The maximum atomic E-state index is 12.0. The van der Waals surface area contributed by atoms with Gasteiger partial charge in [0.1, 0.15) is 0 Å². The summed E-state index contributed by atoms with van der Waals surface area (Å²) in [5, 5.41) is 7.85. The van der Waals surface area contributed by atoms with Crippen molar-refractivity contribution in [1.82, 2.24) is 9.78 Å². The molecule has 0 saturated carbocycles. The largest absolute Gasteiger partial charge is 0.309 e. The number of nitrogens with one attached hydrogen (secondary N) is 1. The van der Waals surface area contributed by atoms with Crippen molar-refractivity contribution in [2.75, 3.05) is 5.32 Å². The van der Waals surface area contributed by atoms with E-state index < -0.39 is 0 Å². The second-order valence-electron chi connectivity index (χ2n) is 5.12. The topological polar surface area (TPSA) is 46.9 Å². The zero-order valence-corrected chi connectivity index (χ0v) is 13.2. The molecule has 0 spiro atoms. The number of hydrogen-bond donors (Lipinski definition) is 1. The number of benzene rings is 2. The van der Waals surface area contributed by atoms with Gasteiger partial charge in [0.05, 0.1) is 5.69 Å². The van der Waals surface area contributed by atoms with E-state index in [9.17, 15) is 4.79 Å². The Balaban J connectivity index is 1.58. The Kier molecular flexibility index (Phi) is 4.74. The molecule has 0 fully saturated rings. The van der Waals surface area contributed by atoms with Crippen molar-refractivity contribution in [2.24, 2.45) is 0 Å². The zero-order chi connectivity index (χ0) is 16.1. The lowest BCUT2D eigenvalue weighted by Gasteiger charge is -2.04. The predicted molar refractivity (Wildman–Crippen MR) is 92.0 cm³/mol. The molecular formula is C18H16ClN3O. The van der Waals surface area contributed by atoms with Crippen molar-refractivity contribution in [3.8, 4) is 5.69 Å². The minimum atomic E-state index is -0.0803. The van der Waals surface area contributed by atoms with Gasteiger partial charge >= 0.3 is 0 Å². The summed E-state index contributed by atoms with van der Waals surface area (Å²) in [4.78, 5) is 12.0. The lowest BCUT2D eigenvalue weighted by atomic mass is 10.1. The molecule has 0 radical (unpaired) electrons. The van der Waals surface area contributed by atoms with E-state index in [1.54, 1.807) is 10.7 Å². The molecule has 0 atom stereocenters. The summed E-state index contributed by atoms with van der Waals surface area (Å²) < 4.78 is 1.73. The number of carbonyl (C=O) groups is 1. The van der Waals surface area contributed by atoms with Gasteiger partial charge in [0.2, 0.25) is 5.91 Å². The highest BCUT2D eigenvalue weighted by atomic mass is 35.5. The Labute approximate surface area is 139 Å². The van der Waals surface area contributed by atoms with Crippen LogP contribution in [-0.2, 0) is 11.2 Å². The summed E-state index contributed by atoms with van der Waals surface area (Å²) in [5.74, 6) is 0.459. The number of aromatic nitrogens is 2. The monoisotopic (exact) mass is 325 g/mol. The number of aryl methyl sites for hydroxylation is 1. The number of para-hydroxylation sites is 1. The lowest BCUT2D eigenvalue weighted by molar-refractivity contribution is -0.116. The molecule has 0 aliphatic rings. The predicted octanol–water partition coefficient (Wildman–Crippen LogP) is 4.10. The minimum Gasteiger partial charge on any atom is -0.309 e. The van der Waals surface area contributed by atoms with Gasteiger partial charge < -0.3 is 5.32 Å². The van der Waals surface area contributed by atoms with Crippen LogP contribution in [0.2, 0.25) is 5.02 Å². The SMILES string of the molecule is O=C(CCc1ccccc1Cl)Nc1ccn(-c2ccccc2)n1. The molecule has 23 heavy (non-hydrogen) atoms. The summed E-state index contributed by atoms with van der Waals surface area (Å²) in [5.41, 5.74) is 1.92. The molecule has 0 aliphatic carbocycles. The van der Waals surface area contributed by atoms with Gasteiger partial charge in [-0.1, -0.05) is 48.0 Å². The van der Waals surface area contributed by atoms with E-state index in [0.717, 1.165) is 11.3 Å². The zero-order valence-electron chi connectivity index (χ0n) is 12.4. The number of anilines is 1. The number of nitrogens with zero attached hydrogens (tertiary/aromatic N) is 2. The molecule has 2 aromatic carbocycles. The Bertz CT molecular complexity index is 799. The van der Waals surface area contributed by atoms with Gasteiger partial charge in [-0.25, -0.2) is 4.68 Å². The van der Waals surface area contributed by atoms with E-state index in [1.807, 2.05) is 60.8 Å². The fraction of sp³-hybridized carbons (Fsp3) is 0.111. The Morgan fingerprint density at radius 3 is 2.57 bits per heavy atom. The van der Waals surface area contributed by atoms with Gasteiger partial charge in [-0.05, 0) is 30.2 Å². The quantitative estimate of drug-likeness (QED) is 0.767. The van der Waals surface area contributed by atoms with Crippen LogP contribution in [0.3, 0.4) is 0 Å². The first-order valence-corrected chi connectivity index (χ1v) is 7.74. The summed E-state index contributed by atoms with van der Waals surface area (Å²) in [6.07, 6.45) is 2.78. The van der Waals surface area contributed by atoms with Crippen LogP contribution in [0.25, 0.3) is 5.69 Å². The fourth-order valence-corrected chi connectivity index (χ4v) is 2.50. The van der Waals surface area contributed by atoms with Crippen LogP contribution in [0, 0.1) is 0 Å². The number of carbonyl (C=O) groups excluding carboxylic acids is 1. The summed E-state index contributed by atoms with van der Waals surface area (Å²) in [6.45, 7) is 0. The number of hydrogen-bond acceptors (Lipinski definition) is 2. The molecule has 0 saturated heterocycles. The van der Waals surface area contributed by atoms with Gasteiger partial charge in [0, 0.05) is 23.7 Å². The lowest BCUT2D eigenvalue weighted by Crippen LogP contribution is -2.13. The van der Waals surface area contributed by atoms with Crippen LogP contribution in [0.4, 0.5) is 5.82 Å². The van der Waals surface area contributed by atoms with Crippen LogP contribution in [-0.4, -0.2) is 15.7 Å². The van der Waals surface area contributed by atoms with Crippen molar-refractivity contribution in [3.05, 3.63) is 77.4 Å². The number of halogens is 1. The highest BCUT2D eigenvalue weighted by Gasteiger charge is 2.07. The Morgan fingerprint density at radius 1 is 1.04 bits per heavy atom. The van der Waals surface area contributed by atoms with E-state index >= 15 is 0 Å². The van der Waals surface area contributed by atoms with E-state index in [0.29, 0.717) is 23.7 Å². The molecular weight excluding hydrogens is 310 g/mol. The highest BCUT2D eigenvalue weighted by molar-refractivity contribution is 6.31. The maximum Gasteiger partial charge on any atom is 0.225 e. The molecule has 116 valence electrons. The van der Waals surface area contributed by atoms with Crippen LogP contribution in [0.15, 0.2) is 66.9 Å². The molecule has 1 amide bonds. The Morgan fingerprint density at radius 2 is 1.78 bits per heavy atom. The van der Waals surface area contributed by atoms with Gasteiger partial charge in [-0.3, -0.25) is 4.79 Å². The summed E-state index contributed by atoms with van der Waals surface area (Å²) in [7, 11) is 0. The summed E-state index contributed by atoms with van der Waals surface area (Å²) >= 11 is 6.09. The van der Waals surface area contributed by atoms with Crippen LogP contribution < -0.4 is 5.32 Å². The van der Waals surface area contributed by atoms with Crippen molar-refractivity contribution < 1.29 is 4.79 Å². The van der Waals surface area contributed by atoms with Gasteiger partial charge in [0.25, 0.3) is 0 Å². The third kappa shape index (κ3) is 3.99. The second kappa shape index (κ2) is 7.11. The van der Waals surface area contributed by atoms with E-state index in [4.69, 9.17) is 11.6 Å². The first kappa shape index (κ1) is 15.3. The van der Waals surface area contributed by atoms with Crippen molar-refractivity contribution >= 4 is 23.3 Å². The molecule has 1 N–H and O–H groups in total. The normalized spacial score (nSPS) is 10.5. The average molecular weight is 326 g/mol. The summed E-state index contributed by atoms with van der Waals surface area (Å²) in [6, 6.07) is 19.1. The smallest absolute Gasteiger partial charge is 0.225 e. The minimum absolute atomic E-state index is 0.0803.